The molecule has 0 aliphatic heterocycles. The van der Waals surface area contributed by atoms with Crippen molar-refractivity contribution >= 4 is 0 Å². The molecule has 0 heterocycles. The van der Waals surface area contributed by atoms with Gasteiger partial charge in [0.15, 0.2) is 0 Å². The van der Waals surface area contributed by atoms with Crippen LogP contribution in [0.15, 0.2) is 18.2 Å². The third kappa shape index (κ3) is 3.42. The van der Waals surface area contributed by atoms with Crippen LogP contribution in [-0.4, -0.2) is 29.0 Å². The fourth-order valence-corrected chi connectivity index (χ4v) is 6.79. The second-order valence-electron chi connectivity index (χ2n) is 9.84. The summed E-state index contributed by atoms with van der Waals surface area (Å²) < 4.78 is 5.80. The number of aryl methyl sites for hydroxylation is 1. The van der Waals surface area contributed by atoms with Crippen molar-refractivity contribution in [2.75, 3.05) is 6.61 Å². The number of fused-ring (bicyclic) bond motifs is 5. The molecule has 2 N–H and O–H groups in total. The number of hydrogen-bond donors (Lipinski definition) is 2. The zero-order valence-electron chi connectivity index (χ0n) is 17.2. The van der Waals surface area contributed by atoms with Gasteiger partial charge < -0.3 is 14.9 Å². The highest BCUT2D eigenvalue weighted by atomic mass is 16.5. The molecule has 6 atom stereocenters. The van der Waals surface area contributed by atoms with Gasteiger partial charge in [-0.15, -0.1) is 0 Å². The van der Waals surface area contributed by atoms with Crippen LogP contribution in [0.3, 0.4) is 0 Å². The van der Waals surface area contributed by atoms with Crippen LogP contribution in [0.25, 0.3) is 0 Å². The third-order valence-corrected chi connectivity index (χ3v) is 7.95. The van der Waals surface area contributed by atoms with Crippen LogP contribution in [0.5, 0.6) is 5.75 Å². The van der Waals surface area contributed by atoms with Crippen molar-refractivity contribution in [3.8, 4) is 5.75 Å². The topological polar surface area (TPSA) is 49.7 Å². The van der Waals surface area contributed by atoms with Gasteiger partial charge in [-0.2, -0.15) is 0 Å². The van der Waals surface area contributed by atoms with Gasteiger partial charge in [0.1, 0.15) is 5.75 Å². The predicted molar refractivity (Wildman–Crippen MR) is 108 cm³/mol. The Hall–Kier alpha value is -1.06. The zero-order chi connectivity index (χ0) is 19.2. The highest BCUT2D eigenvalue weighted by molar-refractivity contribution is 5.40. The Balaban J connectivity index is 1.62. The number of phenolic OH excluding ortho intramolecular Hbond substituents is 1. The van der Waals surface area contributed by atoms with E-state index in [2.05, 4.69) is 26.8 Å². The second-order valence-corrected chi connectivity index (χ2v) is 9.84. The molecule has 1 aromatic rings. The van der Waals surface area contributed by atoms with Gasteiger partial charge in [0.2, 0.25) is 0 Å². The van der Waals surface area contributed by atoms with E-state index in [-0.39, 0.29) is 11.5 Å². The molecule has 0 saturated heterocycles. The van der Waals surface area contributed by atoms with E-state index in [1.165, 1.54) is 30.4 Å². The van der Waals surface area contributed by atoms with Crippen molar-refractivity contribution in [3.05, 3.63) is 29.3 Å². The van der Waals surface area contributed by atoms with E-state index >= 15 is 0 Å². The Labute approximate surface area is 164 Å². The van der Waals surface area contributed by atoms with Crippen LogP contribution in [0, 0.1) is 23.2 Å². The minimum Gasteiger partial charge on any atom is -0.508 e. The smallest absolute Gasteiger partial charge is 0.115 e. The number of aromatic hydroxyl groups is 1. The highest BCUT2D eigenvalue weighted by Gasteiger charge is 2.57. The van der Waals surface area contributed by atoms with Gasteiger partial charge in [-0.25, -0.2) is 0 Å². The number of ether oxygens (including phenoxy) is 1. The molecule has 150 valence electrons. The van der Waals surface area contributed by atoms with E-state index < -0.39 is 0 Å². The number of aliphatic hydroxyl groups is 1. The summed E-state index contributed by atoms with van der Waals surface area (Å²) in [6.45, 7) is 7.38. The minimum atomic E-state index is -0.140. The van der Waals surface area contributed by atoms with Crippen molar-refractivity contribution in [2.45, 2.75) is 83.8 Å². The normalized spacial score (nSPS) is 37.7. The van der Waals surface area contributed by atoms with E-state index in [0.29, 0.717) is 35.5 Å². The molecule has 3 aliphatic rings. The summed E-state index contributed by atoms with van der Waals surface area (Å²) in [6, 6.07) is 6.05. The van der Waals surface area contributed by atoms with Crippen molar-refractivity contribution < 1.29 is 14.9 Å². The van der Waals surface area contributed by atoms with Gasteiger partial charge in [-0.3, -0.25) is 0 Å². The molecule has 0 amide bonds. The first-order valence-corrected chi connectivity index (χ1v) is 11.0. The first-order valence-electron chi connectivity index (χ1n) is 11.0. The standard InChI is InChI=1S/C24H36O3/c1-15(2)27-12-4-5-17-14-24(3)21(10-11-22(24)26)20-8-6-16-13-18(25)7-9-19(16)23(17)20/h7,9,13,15,17,20-23,25-26H,4-6,8,10-12,14H2,1-3H3/t17-,20-,21-,22-,23+,24-/m0/s1. The maximum absolute atomic E-state index is 10.8. The summed E-state index contributed by atoms with van der Waals surface area (Å²) >= 11 is 0. The summed E-state index contributed by atoms with van der Waals surface area (Å²) in [5.74, 6) is 2.89. The third-order valence-electron chi connectivity index (χ3n) is 7.95. The fraction of sp³-hybridized carbons (Fsp3) is 0.750. The molecular weight excluding hydrogens is 336 g/mol. The lowest BCUT2D eigenvalue weighted by molar-refractivity contribution is -0.0516. The lowest BCUT2D eigenvalue weighted by atomic mass is 9.51. The lowest BCUT2D eigenvalue weighted by Gasteiger charge is -2.54. The average Bonchev–Trinajstić information content (AvgIpc) is 2.92. The van der Waals surface area contributed by atoms with E-state index in [9.17, 15) is 10.2 Å². The number of benzene rings is 1. The molecule has 0 radical (unpaired) electrons. The SMILES string of the molecule is CC(C)OCCC[C@H]1C[C@]2(C)[C@@H](O)CC[C@H]2[C@@H]2CCc3cc(O)ccc3[C@@H]12. The summed E-state index contributed by atoms with van der Waals surface area (Å²) in [6.07, 6.45) is 7.96. The van der Waals surface area contributed by atoms with E-state index in [4.69, 9.17) is 4.74 Å². The number of hydrogen-bond acceptors (Lipinski definition) is 3. The quantitative estimate of drug-likeness (QED) is 0.712. The zero-order valence-corrected chi connectivity index (χ0v) is 17.2. The molecule has 2 fully saturated rings. The second kappa shape index (κ2) is 7.40. The number of phenols is 1. The Morgan fingerprint density at radius 3 is 2.81 bits per heavy atom. The van der Waals surface area contributed by atoms with Crippen LogP contribution in [0.2, 0.25) is 0 Å². The molecule has 2 saturated carbocycles. The molecule has 0 spiro atoms. The predicted octanol–water partition coefficient (Wildman–Crippen LogP) is 5.04. The maximum atomic E-state index is 10.8. The van der Waals surface area contributed by atoms with E-state index in [1.54, 1.807) is 0 Å². The summed E-state index contributed by atoms with van der Waals surface area (Å²) in [5, 5.41) is 20.8. The van der Waals surface area contributed by atoms with Crippen molar-refractivity contribution in [3.63, 3.8) is 0 Å². The van der Waals surface area contributed by atoms with E-state index in [1.807, 2.05) is 12.1 Å². The molecule has 4 rings (SSSR count). The Bertz CT molecular complexity index is 670. The van der Waals surface area contributed by atoms with Crippen molar-refractivity contribution in [1.29, 1.82) is 0 Å². The lowest BCUT2D eigenvalue weighted by Crippen LogP contribution is -2.48. The molecule has 3 heteroatoms. The monoisotopic (exact) mass is 372 g/mol. The van der Waals surface area contributed by atoms with Crippen LogP contribution >= 0.6 is 0 Å². The minimum absolute atomic E-state index is 0.0825. The maximum Gasteiger partial charge on any atom is 0.115 e. The van der Waals surface area contributed by atoms with Crippen LogP contribution in [0.1, 0.15) is 76.3 Å². The molecule has 0 unspecified atom stereocenters. The Morgan fingerprint density at radius 2 is 2.04 bits per heavy atom. The van der Waals surface area contributed by atoms with Gasteiger partial charge in [0.05, 0.1) is 12.2 Å². The first-order chi connectivity index (χ1) is 12.9. The first kappa shape index (κ1) is 19.3. The molecule has 0 bridgehead atoms. The van der Waals surface area contributed by atoms with Crippen LogP contribution < -0.4 is 0 Å². The summed E-state index contributed by atoms with van der Waals surface area (Å²) in [5.41, 5.74) is 2.91. The molecule has 0 aromatic heterocycles. The van der Waals surface area contributed by atoms with Crippen LogP contribution in [0.4, 0.5) is 0 Å². The number of aliphatic hydroxyl groups excluding tert-OH is 1. The summed E-state index contributed by atoms with van der Waals surface area (Å²) in [4.78, 5) is 0. The Kier molecular flexibility index (Phi) is 5.28. The molecule has 3 aliphatic carbocycles. The Morgan fingerprint density at radius 1 is 1.22 bits per heavy atom. The van der Waals surface area contributed by atoms with Gasteiger partial charge in [-0.05, 0) is 111 Å². The highest BCUT2D eigenvalue weighted by Crippen LogP contribution is 2.63. The molecular formula is C24H36O3. The van der Waals surface area contributed by atoms with Gasteiger partial charge in [0.25, 0.3) is 0 Å². The molecule has 1 aromatic carbocycles. The summed E-state index contributed by atoms with van der Waals surface area (Å²) in [7, 11) is 0. The van der Waals surface area contributed by atoms with Gasteiger partial charge >= 0.3 is 0 Å². The fourth-order valence-electron chi connectivity index (χ4n) is 6.79. The van der Waals surface area contributed by atoms with Gasteiger partial charge in [-0.1, -0.05) is 13.0 Å². The van der Waals surface area contributed by atoms with Crippen molar-refractivity contribution in [2.24, 2.45) is 23.2 Å². The van der Waals surface area contributed by atoms with Crippen molar-refractivity contribution in [1.82, 2.24) is 0 Å². The van der Waals surface area contributed by atoms with E-state index in [0.717, 1.165) is 32.3 Å². The largest absolute Gasteiger partial charge is 0.508 e. The molecule has 3 nitrogen and oxygen atoms in total. The van der Waals surface area contributed by atoms with Crippen LogP contribution in [-0.2, 0) is 11.2 Å². The average molecular weight is 373 g/mol. The molecule has 27 heavy (non-hydrogen) atoms. The number of rotatable bonds is 5. The van der Waals surface area contributed by atoms with Gasteiger partial charge in [0, 0.05) is 6.61 Å².